The number of allylic oxidation sites excluding steroid dienone is 2. The Morgan fingerprint density at radius 1 is 0.750 bits per heavy atom. The molecule has 2 atom stereocenters. The summed E-state index contributed by atoms with van der Waals surface area (Å²) in [4.78, 5) is 0. The van der Waals surface area contributed by atoms with Crippen LogP contribution in [0.3, 0.4) is 0 Å². The van der Waals surface area contributed by atoms with E-state index < -0.39 is 0 Å². The lowest BCUT2D eigenvalue weighted by molar-refractivity contribution is -0.397. The molecular weight excluding hydrogens is 243 g/mol. The van der Waals surface area contributed by atoms with Crippen LogP contribution >= 0.6 is 0 Å². The molecule has 0 saturated heterocycles. The molecular formula is C12H28Cl2N2. The maximum absolute atomic E-state index is 3.80. The quantitative estimate of drug-likeness (QED) is 0.474. The molecule has 2 nitrogen and oxygen atoms in total. The zero-order chi connectivity index (χ0) is 11.7. The molecule has 0 bridgehead atoms. The minimum Gasteiger partial charge on any atom is -1.00 e. The Balaban J connectivity index is -0.0000000800. The Hall–Kier alpha value is -0.0200. The Morgan fingerprint density at radius 3 is 0.938 bits per heavy atom. The first-order valence-corrected chi connectivity index (χ1v) is 5.22. The second kappa shape index (κ2) is 15.0. The van der Waals surface area contributed by atoms with Gasteiger partial charge in [-0.1, -0.05) is 11.1 Å². The lowest BCUT2D eigenvalue weighted by Crippen LogP contribution is -3.00. The van der Waals surface area contributed by atoms with E-state index in [1.54, 1.807) is 0 Å². The molecule has 100 valence electrons. The Morgan fingerprint density at radius 2 is 0.938 bits per heavy atom. The second-order valence-electron chi connectivity index (χ2n) is 4.44. The third-order valence-corrected chi connectivity index (χ3v) is 1.24. The molecule has 0 amide bonds. The smallest absolute Gasteiger partial charge is 0.100 e. The van der Waals surface area contributed by atoms with Gasteiger partial charge in [0.25, 0.3) is 0 Å². The summed E-state index contributed by atoms with van der Waals surface area (Å²) in [5.74, 6) is 0. The molecule has 0 aliphatic rings. The maximum atomic E-state index is 3.80. The second-order valence-corrected chi connectivity index (χ2v) is 4.44. The van der Waals surface area contributed by atoms with Crippen LogP contribution in [0.1, 0.15) is 41.5 Å². The normalized spacial score (nSPS) is 11.5. The van der Waals surface area contributed by atoms with Gasteiger partial charge >= 0.3 is 0 Å². The van der Waals surface area contributed by atoms with Crippen molar-refractivity contribution in [3.05, 3.63) is 23.3 Å². The van der Waals surface area contributed by atoms with Gasteiger partial charge in [0, 0.05) is 0 Å². The van der Waals surface area contributed by atoms with Gasteiger partial charge in [-0.15, -0.1) is 0 Å². The van der Waals surface area contributed by atoms with E-state index in [0.717, 1.165) is 0 Å². The van der Waals surface area contributed by atoms with Crippen molar-refractivity contribution in [3.63, 3.8) is 0 Å². The molecule has 0 radical (unpaired) electrons. The van der Waals surface area contributed by atoms with Crippen LogP contribution in [-0.2, 0) is 0 Å². The van der Waals surface area contributed by atoms with Crippen molar-refractivity contribution in [2.45, 2.75) is 53.6 Å². The van der Waals surface area contributed by atoms with Gasteiger partial charge in [-0.3, -0.25) is 0 Å². The monoisotopic (exact) mass is 270 g/mol. The van der Waals surface area contributed by atoms with E-state index >= 15 is 0 Å². The largest absolute Gasteiger partial charge is 1.00 e. The Labute approximate surface area is 113 Å². The van der Waals surface area contributed by atoms with Gasteiger partial charge in [-0.2, -0.15) is 0 Å². The number of quaternary nitrogens is 2. The molecule has 6 N–H and O–H groups in total. The van der Waals surface area contributed by atoms with Gasteiger partial charge in [-0.25, -0.2) is 0 Å². The van der Waals surface area contributed by atoms with Crippen LogP contribution in [0.15, 0.2) is 23.3 Å². The van der Waals surface area contributed by atoms with Crippen molar-refractivity contribution in [2.24, 2.45) is 0 Å². The lowest BCUT2D eigenvalue weighted by Gasteiger charge is -1.90. The number of halogens is 2. The zero-order valence-corrected chi connectivity index (χ0v) is 13.0. The molecule has 0 aliphatic carbocycles. The Bertz CT molecular complexity index is 167. The predicted octanol–water partition coefficient (Wildman–Crippen LogP) is -4.83. The highest BCUT2D eigenvalue weighted by atomic mass is 35.5. The van der Waals surface area contributed by atoms with Crippen LogP contribution in [0.2, 0.25) is 0 Å². The summed E-state index contributed by atoms with van der Waals surface area (Å²) in [7, 11) is 0. The summed E-state index contributed by atoms with van der Waals surface area (Å²) < 4.78 is 0. The first kappa shape index (κ1) is 25.0. The van der Waals surface area contributed by atoms with E-state index in [9.17, 15) is 0 Å². The van der Waals surface area contributed by atoms with E-state index in [2.05, 4.69) is 65.2 Å². The van der Waals surface area contributed by atoms with Crippen molar-refractivity contribution in [2.75, 3.05) is 0 Å². The summed E-state index contributed by atoms with van der Waals surface area (Å²) in [6.45, 7) is 12.5. The van der Waals surface area contributed by atoms with Crippen molar-refractivity contribution < 1.29 is 36.3 Å². The molecule has 0 saturated carbocycles. The standard InChI is InChI=1S/2C6H13N.2ClH/c2*1-5(2)4-6(3)7;;/h2*4,6H,7H2,1-3H3;2*1H. The zero-order valence-electron chi connectivity index (χ0n) is 11.5. The van der Waals surface area contributed by atoms with E-state index in [1.165, 1.54) is 11.1 Å². The van der Waals surface area contributed by atoms with E-state index in [1.807, 2.05) is 0 Å². The van der Waals surface area contributed by atoms with Crippen LogP contribution in [0.25, 0.3) is 0 Å². The summed E-state index contributed by atoms with van der Waals surface area (Å²) in [6.07, 6.45) is 4.28. The fraction of sp³-hybridized carbons (Fsp3) is 0.667. The van der Waals surface area contributed by atoms with Crippen molar-refractivity contribution in [1.82, 2.24) is 0 Å². The van der Waals surface area contributed by atoms with E-state index in [0.29, 0.717) is 12.1 Å². The summed E-state index contributed by atoms with van der Waals surface area (Å²) >= 11 is 0. The third kappa shape index (κ3) is 37.0. The SMILES string of the molecule is CC(C)=CC(C)[NH3+].CC(C)=CC(C)[NH3+].[Cl-].[Cl-]. The fourth-order valence-corrected chi connectivity index (χ4v) is 1.14. The highest BCUT2D eigenvalue weighted by Crippen LogP contribution is 1.88. The van der Waals surface area contributed by atoms with Crippen LogP contribution in [0, 0.1) is 0 Å². The van der Waals surface area contributed by atoms with Crippen molar-refractivity contribution in [1.29, 1.82) is 0 Å². The average molecular weight is 271 g/mol. The fourth-order valence-electron chi connectivity index (χ4n) is 1.14. The van der Waals surface area contributed by atoms with Crippen molar-refractivity contribution in [3.8, 4) is 0 Å². The average Bonchev–Trinajstić information content (AvgIpc) is 1.79. The lowest BCUT2D eigenvalue weighted by atomic mass is 10.2. The number of hydrogen-bond donors (Lipinski definition) is 2. The molecule has 0 heterocycles. The molecule has 0 aromatic rings. The maximum Gasteiger partial charge on any atom is 0.100 e. The molecule has 0 aromatic heterocycles. The van der Waals surface area contributed by atoms with Gasteiger partial charge in [0.1, 0.15) is 12.1 Å². The van der Waals surface area contributed by atoms with Gasteiger partial charge in [0.15, 0.2) is 0 Å². The molecule has 2 unspecified atom stereocenters. The molecule has 0 spiro atoms. The highest BCUT2D eigenvalue weighted by molar-refractivity contribution is 4.95. The van der Waals surface area contributed by atoms with E-state index in [-0.39, 0.29) is 24.8 Å². The van der Waals surface area contributed by atoms with E-state index in [4.69, 9.17) is 0 Å². The molecule has 0 aromatic carbocycles. The molecule has 4 heteroatoms. The number of hydrogen-bond acceptors (Lipinski definition) is 0. The molecule has 16 heavy (non-hydrogen) atoms. The van der Waals surface area contributed by atoms with Gasteiger partial charge in [0.05, 0.1) is 0 Å². The highest BCUT2D eigenvalue weighted by Gasteiger charge is 1.86. The van der Waals surface area contributed by atoms with Gasteiger partial charge in [0.2, 0.25) is 0 Å². The summed E-state index contributed by atoms with van der Waals surface area (Å²) in [5.41, 5.74) is 10.3. The third-order valence-electron chi connectivity index (χ3n) is 1.24. The number of rotatable bonds is 2. The van der Waals surface area contributed by atoms with Crippen LogP contribution < -0.4 is 36.3 Å². The topological polar surface area (TPSA) is 55.3 Å². The summed E-state index contributed by atoms with van der Waals surface area (Å²) in [6, 6.07) is 0.926. The summed E-state index contributed by atoms with van der Waals surface area (Å²) in [5, 5.41) is 0. The van der Waals surface area contributed by atoms with Crippen molar-refractivity contribution >= 4 is 0 Å². The van der Waals surface area contributed by atoms with Crippen LogP contribution in [-0.4, -0.2) is 12.1 Å². The van der Waals surface area contributed by atoms with Gasteiger partial charge in [-0.05, 0) is 53.7 Å². The van der Waals surface area contributed by atoms with Crippen LogP contribution in [0.4, 0.5) is 0 Å². The molecule has 0 fully saturated rings. The van der Waals surface area contributed by atoms with Gasteiger partial charge < -0.3 is 36.3 Å². The molecule has 0 aliphatic heterocycles. The molecule has 0 rings (SSSR count). The minimum atomic E-state index is 0. The first-order chi connectivity index (χ1) is 6.25. The first-order valence-electron chi connectivity index (χ1n) is 5.22. The Kier molecular flexibility index (Phi) is 23.4. The predicted molar refractivity (Wildman–Crippen MR) is 63.6 cm³/mol. The minimum absolute atomic E-state index is 0. The van der Waals surface area contributed by atoms with Crippen LogP contribution in [0.5, 0.6) is 0 Å².